The molecule has 8 nitrogen and oxygen atoms in total. The number of rotatable bonds is 5. The number of amides is 3. The van der Waals surface area contributed by atoms with Gasteiger partial charge in [-0.25, -0.2) is 19.4 Å². The fourth-order valence-electron chi connectivity index (χ4n) is 3.34. The van der Waals surface area contributed by atoms with Crippen molar-refractivity contribution in [2.75, 3.05) is 18.0 Å². The predicted octanol–water partition coefficient (Wildman–Crippen LogP) is 2.97. The summed E-state index contributed by atoms with van der Waals surface area (Å²) < 4.78 is 33.9. The van der Waals surface area contributed by atoms with Gasteiger partial charge in [0.25, 0.3) is 5.91 Å². The Morgan fingerprint density at radius 2 is 1.85 bits per heavy atom. The van der Waals surface area contributed by atoms with Crippen LogP contribution in [-0.4, -0.2) is 41.5 Å². The van der Waals surface area contributed by atoms with Gasteiger partial charge in [0, 0.05) is 29.9 Å². The Morgan fingerprint density at radius 3 is 2.42 bits per heavy atom. The number of carbonyl (C=O) groups is 3. The van der Waals surface area contributed by atoms with Crippen molar-refractivity contribution in [2.24, 2.45) is 11.8 Å². The molecule has 33 heavy (non-hydrogen) atoms. The normalized spacial score (nSPS) is 13.8. The number of halogens is 2. The smallest absolute Gasteiger partial charge is 0.410 e. The third-order valence-electron chi connectivity index (χ3n) is 5.04. The molecule has 0 radical (unpaired) electrons. The Labute approximate surface area is 190 Å². The fourth-order valence-corrected chi connectivity index (χ4v) is 3.34. The molecule has 0 aliphatic carbocycles. The lowest BCUT2D eigenvalue weighted by atomic mass is 9.98. The summed E-state index contributed by atoms with van der Waals surface area (Å²) in [5.74, 6) is 2.22. The van der Waals surface area contributed by atoms with Gasteiger partial charge in [0.2, 0.25) is 5.91 Å². The van der Waals surface area contributed by atoms with E-state index in [1.807, 2.05) is 5.43 Å². The molecule has 3 amide bonds. The minimum atomic E-state index is -0.714. The summed E-state index contributed by atoms with van der Waals surface area (Å²) in [6.45, 7) is 5.32. The van der Waals surface area contributed by atoms with E-state index in [1.165, 1.54) is 40.1 Å². The molecular formula is C23H26F2N4O4. The van der Waals surface area contributed by atoms with Crippen LogP contribution < -0.4 is 16.2 Å². The van der Waals surface area contributed by atoms with Gasteiger partial charge in [-0.1, -0.05) is 12.1 Å². The Kier molecular flexibility index (Phi) is 6.97. The number of benzene rings is 2. The standard InChI is InChI=1S/C23H26F2N4O4/c1-23(2,3)33-22(32)28-11-16(12-28)21(31)29(18-6-4-5-17(24)10-18)13-15-8-7-14(9-19(15)25)20(30)27-26/h4-10,16H,11-13,26H2,1-3H3,(H,27,30). The molecule has 3 N–H and O–H groups in total. The molecule has 0 unspecified atom stereocenters. The van der Waals surface area contributed by atoms with Crippen LogP contribution in [0.4, 0.5) is 19.3 Å². The van der Waals surface area contributed by atoms with Gasteiger partial charge < -0.3 is 14.5 Å². The number of carbonyl (C=O) groups excluding carboxylic acids is 3. The van der Waals surface area contributed by atoms with Gasteiger partial charge in [-0.2, -0.15) is 0 Å². The maximum absolute atomic E-state index is 14.7. The van der Waals surface area contributed by atoms with Gasteiger partial charge in [0.15, 0.2) is 0 Å². The van der Waals surface area contributed by atoms with Crippen molar-refractivity contribution in [3.8, 4) is 0 Å². The van der Waals surface area contributed by atoms with E-state index >= 15 is 0 Å². The highest BCUT2D eigenvalue weighted by atomic mass is 19.1. The molecular weight excluding hydrogens is 434 g/mol. The predicted molar refractivity (Wildman–Crippen MR) is 117 cm³/mol. The molecule has 2 aromatic rings. The van der Waals surface area contributed by atoms with Crippen molar-refractivity contribution in [1.82, 2.24) is 10.3 Å². The molecule has 1 saturated heterocycles. The second kappa shape index (κ2) is 9.53. The van der Waals surface area contributed by atoms with Gasteiger partial charge >= 0.3 is 6.09 Å². The van der Waals surface area contributed by atoms with Crippen LogP contribution in [0.2, 0.25) is 0 Å². The molecule has 0 spiro atoms. The zero-order chi connectivity index (χ0) is 24.3. The van der Waals surface area contributed by atoms with E-state index in [-0.39, 0.29) is 42.4 Å². The van der Waals surface area contributed by atoms with Crippen LogP contribution in [0.5, 0.6) is 0 Å². The minimum absolute atomic E-state index is 0.0226. The van der Waals surface area contributed by atoms with Crippen molar-refractivity contribution in [1.29, 1.82) is 0 Å². The van der Waals surface area contributed by atoms with Crippen LogP contribution in [0.25, 0.3) is 0 Å². The van der Waals surface area contributed by atoms with E-state index in [1.54, 1.807) is 26.8 Å². The van der Waals surface area contributed by atoms with Gasteiger partial charge in [-0.05, 0) is 51.1 Å². The summed E-state index contributed by atoms with van der Waals surface area (Å²) in [5.41, 5.74) is 1.66. The topological polar surface area (TPSA) is 105 Å². The molecule has 1 aliphatic heterocycles. The lowest BCUT2D eigenvalue weighted by molar-refractivity contribution is -0.127. The van der Waals surface area contributed by atoms with Gasteiger partial charge in [0.1, 0.15) is 17.2 Å². The van der Waals surface area contributed by atoms with Crippen LogP contribution in [0.3, 0.4) is 0 Å². The van der Waals surface area contributed by atoms with Gasteiger partial charge in [0.05, 0.1) is 12.5 Å². The molecule has 10 heteroatoms. The van der Waals surface area contributed by atoms with Crippen LogP contribution >= 0.6 is 0 Å². The number of likely N-dealkylation sites (tertiary alicyclic amines) is 1. The van der Waals surface area contributed by atoms with Crippen LogP contribution in [0.15, 0.2) is 42.5 Å². The molecule has 0 atom stereocenters. The number of hydrazine groups is 1. The quantitative estimate of drug-likeness (QED) is 0.406. The first-order valence-electron chi connectivity index (χ1n) is 10.3. The Bertz CT molecular complexity index is 1060. The van der Waals surface area contributed by atoms with Gasteiger partial charge in [-0.3, -0.25) is 15.0 Å². The number of nitrogens with two attached hydrogens (primary N) is 1. The van der Waals surface area contributed by atoms with E-state index < -0.39 is 35.2 Å². The molecule has 0 saturated carbocycles. The maximum atomic E-state index is 14.7. The molecule has 3 rings (SSSR count). The minimum Gasteiger partial charge on any atom is -0.444 e. The highest BCUT2D eigenvalue weighted by Gasteiger charge is 2.40. The zero-order valence-corrected chi connectivity index (χ0v) is 18.6. The first kappa shape index (κ1) is 24.1. The second-order valence-corrected chi connectivity index (χ2v) is 8.77. The number of ether oxygens (including phenoxy) is 1. The van der Waals surface area contributed by atoms with E-state index in [0.717, 1.165) is 6.07 Å². The Hall–Kier alpha value is -3.53. The number of nitrogens with zero attached hydrogens (tertiary/aromatic N) is 2. The summed E-state index contributed by atoms with van der Waals surface area (Å²) in [4.78, 5) is 39.7. The first-order valence-corrected chi connectivity index (χ1v) is 10.3. The van der Waals surface area contributed by atoms with E-state index in [9.17, 15) is 23.2 Å². The SMILES string of the molecule is CC(C)(C)OC(=O)N1CC(C(=O)N(Cc2ccc(C(=O)NN)cc2F)c2cccc(F)c2)C1. The molecule has 0 aromatic heterocycles. The van der Waals surface area contributed by atoms with Crippen molar-refractivity contribution < 1.29 is 27.9 Å². The van der Waals surface area contributed by atoms with E-state index in [4.69, 9.17) is 10.6 Å². The molecule has 1 heterocycles. The maximum Gasteiger partial charge on any atom is 0.410 e. The summed E-state index contributed by atoms with van der Waals surface area (Å²) >= 11 is 0. The van der Waals surface area contributed by atoms with E-state index in [2.05, 4.69) is 0 Å². The molecule has 2 aromatic carbocycles. The lowest BCUT2D eigenvalue weighted by Gasteiger charge is -2.41. The highest BCUT2D eigenvalue weighted by Crippen LogP contribution is 2.27. The zero-order valence-electron chi connectivity index (χ0n) is 18.6. The highest BCUT2D eigenvalue weighted by molar-refractivity contribution is 5.97. The summed E-state index contributed by atoms with van der Waals surface area (Å²) in [6.07, 6.45) is -0.524. The van der Waals surface area contributed by atoms with Crippen molar-refractivity contribution in [3.63, 3.8) is 0 Å². The third-order valence-corrected chi connectivity index (χ3v) is 5.04. The van der Waals surface area contributed by atoms with Crippen molar-refractivity contribution >= 4 is 23.6 Å². The molecule has 1 aliphatic rings. The van der Waals surface area contributed by atoms with E-state index in [0.29, 0.717) is 0 Å². The summed E-state index contributed by atoms with van der Waals surface area (Å²) in [5, 5.41) is 0. The van der Waals surface area contributed by atoms with Crippen LogP contribution in [0.1, 0.15) is 36.7 Å². The number of nitrogens with one attached hydrogen (secondary N) is 1. The molecule has 176 valence electrons. The van der Waals surface area contributed by atoms with Crippen LogP contribution in [-0.2, 0) is 16.1 Å². The first-order chi connectivity index (χ1) is 15.5. The van der Waals surface area contributed by atoms with Gasteiger partial charge in [-0.15, -0.1) is 0 Å². The average molecular weight is 460 g/mol. The van der Waals surface area contributed by atoms with Crippen molar-refractivity contribution in [3.05, 3.63) is 65.2 Å². The molecule has 0 bridgehead atoms. The number of hydrogen-bond donors (Lipinski definition) is 2. The Morgan fingerprint density at radius 1 is 1.15 bits per heavy atom. The number of anilines is 1. The Balaban J connectivity index is 1.80. The molecule has 1 fully saturated rings. The van der Waals surface area contributed by atoms with Crippen LogP contribution in [0, 0.1) is 17.6 Å². The summed E-state index contributed by atoms with van der Waals surface area (Å²) in [6, 6.07) is 9.16. The summed E-state index contributed by atoms with van der Waals surface area (Å²) in [7, 11) is 0. The van der Waals surface area contributed by atoms with Crippen molar-refractivity contribution in [2.45, 2.75) is 32.9 Å². The lowest BCUT2D eigenvalue weighted by Crippen LogP contribution is -2.57. The average Bonchev–Trinajstić information content (AvgIpc) is 2.69. The third kappa shape index (κ3) is 5.83. The second-order valence-electron chi connectivity index (χ2n) is 8.77. The number of nitrogen functional groups attached to an aromatic ring is 1. The monoisotopic (exact) mass is 460 g/mol. The number of hydrogen-bond acceptors (Lipinski definition) is 5. The largest absolute Gasteiger partial charge is 0.444 e. The fraction of sp³-hybridized carbons (Fsp3) is 0.348.